The van der Waals surface area contributed by atoms with E-state index in [0.717, 1.165) is 24.3 Å². The molecular formula is C30H33F8N3O6Si. The van der Waals surface area contributed by atoms with Crippen LogP contribution in [0, 0.1) is 35.0 Å². The minimum atomic E-state index is -4.85. The zero-order chi connectivity index (χ0) is 36.8. The van der Waals surface area contributed by atoms with Crippen LogP contribution in [0.1, 0.15) is 59.1 Å². The minimum Gasteiger partial charge on any atom is -0.442 e. The van der Waals surface area contributed by atoms with E-state index in [4.69, 9.17) is 9.26 Å². The van der Waals surface area contributed by atoms with Crippen molar-refractivity contribution in [1.29, 1.82) is 0 Å². The molecule has 0 bridgehead atoms. The molecule has 2 aromatic carbocycles. The van der Waals surface area contributed by atoms with Crippen molar-refractivity contribution in [2.45, 2.75) is 90.0 Å². The van der Waals surface area contributed by atoms with E-state index < -0.39 is 102 Å². The summed E-state index contributed by atoms with van der Waals surface area (Å²) in [5.74, 6) is -18.9. The van der Waals surface area contributed by atoms with Gasteiger partial charge in [0.1, 0.15) is 5.60 Å². The van der Waals surface area contributed by atoms with Gasteiger partial charge in [0.25, 0.3) is 5.91 Å². The van der Waals surface area contributed by atoms with E-state index in [1.54, 1.807) is 33.9 Å². The molecule has 0 aliphatic carbocycles. The lowest BCUT2D eigenvalue weighted by atomic mass is 9.93. The first-order valence-electron chi connectivity index (χ1n) is 14.3. The number of hydrogen-bond acceptors (Lipinski definition) is 8. The highest BCUT2D eigenvalue weighted by Crippen LogP contribution is 2.52. The molecule has 0 aromatic heterocycles. The van der Waals surface area contributed by atoms with Crippen molar-refractivity contribution < 1.29 is 63.5 Å². The molecule has 48 heavy (non-hydrogen) atoms. The molecule has 0 saturated heterocycles. The summed E-state index contributed by atoms with van der Waals surface area (Å²) in [4.78, 5) is 40.1. The third kappa shape index (κ3) is 8.19. The van der Waals surface area contributed by atoms with Crippen LogP contribution in [-0.2, 0) is 30.9 Å². The number of ether oxygens (including phenoxy) is 2. The monoisotopic (exact) mass is 711 g/mol. The van der Waals surface area contributed by atoms with E-state index >= 15 is 0 Å². The molecule has 18 heteroatoms. The van der Waals surface area contributed by atoms with Crippen LogP contribution in [0.4, 0.5) is 39.9 Å². The number of carbonyl (C=O) groups excluding carboxylic acids is 3. The number of carbonyl (C=O) groups is 3. The topological polar surface area (TPSA) is 107 Å². The molecule has 1 atom stereocenters. The molecule has 1 heterocycles. The molecule has 264 valence electrons. The lowest BCUT2D eigenvalue weighted by Crippen LogP contribution is -2.52. The third-order valence-corrected chi connectivity index (χ3v) is 11.8. The van der Waals surface area contributed by atoms with Crippen LogP contribution in [-0.4, -0.2) is 43.1 Å². The first-order valence-corrected chi connectivity index (χ1v) is 17.2. The Labute approximate surface area is 271 Å². The standard InChI is InChI=1S/C30H33F8N3O6Si/c1-27(2,3)46-26(44)41(47-48(7,8)28(4,5)6)18(42)14-16(25(43)45-24-22(34)20(32)19(31)21(33)23(24)35)13-15-9-11-17(12-10-15)29(39-40-29)30(36,37)38/h9-12,16H,13-14H2,1-8H3/t16-/m1/s1. The van der Waals surface area contributed by atoms with E-state index in [0.29, 0.717) is 5.06 Å². The average molecular weight is 712 g/mol. The molecule has 9 nitrogen and oxygen atoms in total. The summed E-state index contributed by atoms with van der Waals surface area (Å²) in [6.45, 7) is 13.2. The highest BCUT2D eigenvalue weighted by molar-refractivity contribution is 6.74. The SMILES string of the molecule is CC(C)(C)OC(=O)N(O[Si](C)(C)C(C)(C)C)C(=O)C[C@@H](Cc1ccc(C2(C(F)(F)F)N=N2)cc1)C(=O)Oc1c(F)c(F)c(F)c(F)c1F. The number of halogens is 8. The molecule has 0 radical (unpaired) electrons. The second kappa shape index (κ2) is 13.2. The minimum absolute atomic E-state index is 0.0676. The fraction of sp³-hybridized carbons (Fsp3) is 0.500. The van der Waals surface area contributed by atoms with Crippen LogP contribution in [0.3, 0.4) is 0 Å². The molecule has 0 fully saturated rings. The van der Waals surface area contributed by atoms with Crippen LogP contribution in [0.2, 0.25) is 18.1 Å². The van der Waals surface area contributed by atoms with Gasteiger partial charge in [0, 0.05) is 12.0 Å². The number of imide groups is 1. The van der Waals surface area contributed by atoms with Gasteiger partial charge in [-0.1, -0.05) is 45.0 Å². The van der Waals surface area contributed by atoms with Gasteiger partial charge in [-0.25, -0.2) is 18.0 Å². The Morgan fingerprint density at radius 1 is 0.833 bits per heavy atom. The molecule has 0 saturated carbocycles. The van der Waals surface area contributed by atoms with Gasteiger partial charge >= 0.3 is 23.9 Å². The average Bonchev–Trinajstić information content (AvgIpc) is 3.77. The number of hydrogen-bond donors (Lipinski definition) is 0. The smallest absolute Gasteiger partial charge is 0.442 e. The van der Waals surface area contributed by atoms with E-state index in [-0.39, 0.29) is 11.1 Å². The molecule has 2 amide bonds. The predicted octanol–water partition coefficient (Wildman–Crippen LogP) is 8.42. The summed E-state index contributed by atoms with van der Waals surface area (Å²) in [5.41, 5.74) is -4.22. The summed E-state index contributed by atoms with van der Waals surface area (Å²) < 4.78 is 126. The van der Waals surface area contributed by atoms with Crippen molar-refractivity contribution in [3.05, 3.63) is 64.5 Å². The molecule has 0 N–H and O–H groups in total. The van der Waals surface area contributed by atoms with Crippen molar-refractivity contribution in [1.82, 2.24) is 5.06 Å². The summed E-state index contributed by atoms with van der Waals surface area (Å²) in [5, 5.41) is 5.90. The molecule has 0 unspecified atom stereocenters. The van der Waals surface area contributed by atoms with Gasteiger partial charge in [-0.2, -0.15) is 22.0 Å². The Balaban J connectivity index is 2.03. The van der Waals surface area contributed by atoms with Gasteiger partial charge in [0.05, 0.1) is 5.92 Å². The van der Waals surface area contributed by atoms with Crippen molar-refractivity contribution in [2.24, 2.45) is 16.1 Å². The molecule has 2 aromatic rings. The highest BCUT2D eigenvalue weighted by atomic mass is 28.4. The summed E-state index contributed by atoms with van der Waals surface area (Å²) in [6, 6.07) is 4.22. The normalized spacial score (nSPS) is 15.2. The highest BCUT2D eigenvalue weighted by Gasteiger charge is 2.65. The number of esters is 1. The maximum Gasteiger partial charge on any atom is 0.442 e. The van der Waals surface area contributed by atoms with Crippen molar-refractivity contribution in [2.75, 3.05) is 0 Å². The van der Waals surface area contributed by atoms with Gasteiger partial charge in [-0.05, 0) is 50.9 Å². The number of nitrogens with zero attached hydrogens (tertiary/aromatic N) is 3. The number of alkyl halides is 3. The maximum absolute atomic E-state index is 14.4. The Bertz CT molecular complexity index is 1580. The third-order valence-electron chi connectivity index (χ3n) is 7.57. The molecular weight excluding hydrogens is 678 g/mol. The Morgan fingerprint density at radius 2 is 1.31 bits per heavy atom. The van der Waals surface area contributed by atoms with Gasteiger partial charge < -0.3 is 14.0 Å². The van der Waals surface area contributed by atoms with Gasteiger partial charge in [0.2, 0.25) is 43.2 Å². The van der Waals surface area contributed by atoms with E-state index in [1.165, 1.54) is 20.8 Å². The van der Waals surface area contributed by atoms with Crippen LogP contribution in [0.25, 0.3) is 0 Å². The molecule has 3 rings (SSSR count). The van der Waals surface area contributed by atoms with Crippen LogP contribution >= 0.6 is 0 Å². The first kappa shape index (κ1) is 38.5. The summed E-state index contributed by atoms with van der Waals surface area (Å²) in [6.07, 6.45) is -7.73. The maximum atomic E-state index is 14.4. The Hall–Kier alpha value is -3.93. The van der Waals surface area contributed by atoms with Gasteiger partial charge in [-0.15, -0.1) is 15.3 Å². The lowest BCUT2D eigenvalue weighted by Gasteiger charge is -2.39. The van der Waals surface area contributed by atoms with Gasteiger partial charge in [-0.3, -0.25) is 9.59 Å². The second-order valence-corrected chi connectivity index (χ2v) is 18.2. The lowest BCUT2D eigenvalue weighted by molar-refractivity contribution is -0.166. The fourth-order valence-electron chi connectivity index (χ4n) is 3.85. The summed E-state index contributed by atoms with van der Waals surface area (Å²) >= 11 is 0. The number of rotatable bonds is 9. The quantitative estimate of drug-likeness (QED) is 0.0492. The number of hydroxylamine groups is 2. The van der Waals surface area contributed by atoms with E-state index in [9.17, 15) is 49.5 Å². The molecule has 0 spiro atoms. The van der Waals surface area contributed by atoms with Crippen LogP contribution in [0.15, 0.2) is 34.5 Å². The van der Waals surface area contributed by atoms with Crippen LogP contribution in [0.5, 0.6) is 5.75 Å². The Kier molecular flexibility index (Phi) is 10.6. The number of benzene rings is 2. The zero-order valence-corrected chi connectivity index (χ0v) is 28.1. The van der Waals surface area contributed by atoms with E-state index in [1.807, 2.05) is 0 Å². The molecule has 1 aliphatic heterocycles. The van der Waals surface area contributed by atoms with Gasteiger partial charge in [0.15, 0.2) is 0 Å². The fourth-order valence-corrected chi connectivity index (χ4v) is 4.76. The van der Waals surface area contributed by atoms with E-state index in [2.05, 4.69) is 15.0 Å². The predicted molar refractivity (Wildman–Crippen MR) is 154 cm³/mol. The summed E-state index contributed by atoms with van der Waals surface area (Å²) in [7, 11) is -2.99. The van der Waals surface area contributed by atoms with Crippen LogP contribution < -0.4 is 4.74 Å². The number of amides is 2. The molecule has 1 aliphatic rings. The second-order valence-electron chi connectivity index (χ2n) is 13.5. The first-order chi connectivity index (χ1) is 21.7. The van der Waals surface area contributed by atoms with Crippen molar-refractivity contribution >= 4 is 26.3 Å². The van der Waals surface area contributed by atoms with Crippen molar-refractivity contribution in [3.8, 4) is 5.75 Å². The Morgan fingerprint density at radius 3 is 1.73 bits per heavy atom. The largest absolute Gasteiger partial charge is 0.442 e. The van der Waals surface area contributed by atoms with Crippen molar-refractivity contribution in [3.63, 3.8) is 0 Å². The zero-order valence-electron chi connectivity index (χ0n) is 27.1.